The third-order valence-electron chi connectivity index (χ3n) is 5.72. The Labute approximate surface area is 151 Å². The van der Waals surface area contributed by atoms with Gasteiger partial charge in [0.25, 0.3) is 0 Å². The number of carbonyl (C=O) groups is 1. The van der Waals surface area contributed by atoms with Crippen molar-refractivity contribution in [2.45, 2.75) is 83.0 Å². The maximum absolute atomic E-state index is 12.1. The van der Waals surface area contributed by atoms with Crippen LogP contribution >= 0.6 is 0 Å². The first kappa shape index (κ1) is 19.3. The number of hydrogen-bond acceptors (Lipinski definition) is 6. The van der Waals surface area contributed by atoms with Crippen molar-refractivity contribution in [3.63, 3.8) is 0 Å². The Morgan fingerprint density at radius 3 is 2.28 bits per heavy atom. The highest BCUT2D eigenvalue weighted by atomic mass is 28.4. The van der Waals surface area contributed by atoms with Crippen LogP contribution in [0.4, 0.5) is 0 Å². The van der Waals surface area contributed by atoms with E-state index in [1.165, 1.54) is 0 Å². The van der Waals surface area contributed by atoms with E-state index < -0.39 is 20.8 Å². The van der Waals surface area contributed by atoms with Crippen molar-refractivity contribution in [2.75, 3.05) is 13.2 Å². The predicted molar refractivity (Wildman–Crippen MR) is 94.3 cm³/mol. The molecule has 1 aliphatic carbocycles. The molecule has 1 saturated carbocycles. The fourth-order valence-electron chi connectivity index (χ4n) is 4.75. The summed E-state index contributed by atoms with van der Waals surface area (Å²) < 4.78 is 24.1. The molecule has 3 rings (SSSR count). The van der Waals surface area contributed by atoms with Crippen LogP contribution in [0.1, 0.15) is 48.5 Å². The number of ether oxygens (including phenoxy) is 2. The SMILES string of the molecule is CCOC(=O)[C@H]1[C@H]2O[C@@H]3CO[Si](C(C)(C)C)(C(C)(C)C)O[C@H]3[C@H](O)[C@@H]21. The second-order valence-electron chi connectivity index (χ2n) is 9.49. The van der Waals surface area contributed by atoms with Crippen LogP contribution < -0.4 is 0 Å². The van der Waals surface area contributed by atoms with E-state index in [-0.39, 0.29) is 40.1 Å². The molecule has 0 aromatic heterocycles. The Morgan fingerprint density at radius 1 is 1.16 bits per heavy atom. The van der Waals surface area contributed by atoms with Crippen LogP contribution in [0, 0.1) is 11.8 Å². The van der Waals surface area contributed by atoms with E-state index in [0.29, 0.717) is 13.2 Å². The van der Waals surface area contributed by atoms with E-state index in [2.05, 4.69) is 41.5 Å². The van der Waals surface area contributed by atoms with Crippen molar-refractivity contribution in [1.82, 2.24) is 0 Å². The summed E-state index contributed by atoms with van der Waals surface area (Å²) in [5.41, 5.74) is 0. The highest BCUT2D eigenvalue weighted by Crippen LogP contribution is 2.58. The van der Waals surface area contributed by atoms with Gasteiger partial charge in [0.05, 0.1) is 31.3 Å². The highest BCUT2D eigenvalue weighted by Gasteiger charge is 2.70. The molecule has 2 heterocycles. The molecule has 0 aromatic carbocycles. The molecule has 0 spiro atoms. The first-order valence-corrected chi connectivity index (χ1v) is 11.1. The van der Waals surface area contributed by atoms with Gasteiger partial charge < -0.3 is 23.4 Å². The zero-order valence-electron chi connectivity index (χ0n) is 16.4. The molecule has 6 nitrogen and oxygen atoms in total. The number of hydrogen-bond donors (Lipinski definition) is 1. The van der Waals surface area contributed by atoms with Gasteiger partial charge in [0, 0.05) is 16.0 Å². The third-order valence-corrected chi connectivity index (χ3v) is 10.8. The molecule has 0 radical (unpaired) electrons. The Kier molecular flexibility index (Phi) is 4.65. The van der Waals surface area contributed by atoms with E-state index in [9.17, 15) is 9.90 Å². The van der Waals surface area contributed by atoms with Gasteiger partial charge in [-0.3, -0.25) is 4.79 Å². The third kappa shape index (κ3) is 2.88. The summed E-state index contributed by atoms with van der Waals surface area (Å²) in [6.07, 6.45) is -1.78. The minimum absolute atomic E-state index is 0.156. The number of aliphatic hydroxyl groups is 1. The standard InChI is InChI=1S/C18H32O6Si/c1-8-21-16(20)12-11-13(19)14-10(23-15(11)12)9-22-25(24-14,17(2,3)4)18(5,6)7/h10-15,19H,8-9H2,1-7H3/t10-,11+,12-,13-,14-,15+/m1/s1. The van der Waals surface area contributed by atoms with E-state index >= 15 is 0 Å². The van der Waals surface area contributed by atoms with Crippen LogP contribution in [-0.4, -0.2) is 57.3 Å². The van der Waals surface area contributed by atoms with Gasteiger partial charge in [-0.1, -0.05) is 41.5 Å². The van der Waals surface area contributed by atoms with Gasteiger partial charge >= 0.3 is 14.5 Å². The fraction of sp³-hybridized carbons (Fsp3) is 0.944. The van der Waals surface area contributed by atoms with E-state index in [1.807, 2.05) is 0 Å². The predicted octanol–water partition coefficient (Wildman–Crippen LogP) is 2.38. The van der Waals surface area contributed by atoms with Crippen molar-refractivity contribution in [2.24, 2.45) is 11.8 Å². The summed E-state index contributed by atoms with van der Waals surface area (Å²) in [5.74, 6) is -0.902. The maximum atomic E-state index is 12.1. The minimum atomic E-state index is -2.67. The molecule has 6 atom stereocenters. The van der Waals surface area contributed by atoms with E-state index in [1.54, 1.807) is 6.92 Å². The zero-order valence-corrected chi connectivity index (χ0v) is 17.4. The lowest BCUT2D eigenvalue weighted by Gasteiger charge is -2.56. The summed E-state index contributed by atoms with van der Waals surface area (Å²) in [4.78, 5) is 12.1. The van der Waals surface area contributed by atoms with E-state index in [0.717, 1.165) is 0 Å². The number of aliphatic hydroxyl groups excluding tert-OH is 1. The number of rotatable bonds is 2. The summed E-state index contributed by atoms with van der Waals surface area (Å²) in [7, 11) is -2.67. The van der Waals surface area contributed by atoms with Gasteiger partial charge in [-0.15, -0.1) is 0 Å². The van der Waals surface area contributed by atoms with Gasteiger partial charge in [-0.05, 0) is 6.92 Å². The second kappa shape index (κ2) is 6.02. The van der Waals surface area contributed by atoms with E-state index in [4.69, 9.17) is 18.3 Å². The molecule has 0 aromatic rings. The molecule has 3 fully saturated rings. The van der Waals surface area contributed by atoms with Crippen LogP contribution in [0.5, 0.6) is 0 Å². The average molecular weight is 373 g/mol. The van der Waals surface area contributed by atoms with Crippen LogP contribution in [0.2, 0.25) is 10.1 Å². The first-order chi connectivity index (χ1) is 11.4. The van der Waals surface area contributed by atoms with Crippen LogP contribution in [0.3, 0.4) is 0 Å². The Bertz CT molecular complexity index is 523. The molecular formula is C18H32O6Si. The van der Waals surface area contributed by atoms with Crippen molar-refractivity contribution in [1.29, 1.82) is 0 Å². The van der Waals surface area contributed by atoms with Gasteiger partial charge in [0.1, 0.15) is 12.2 Å². The normalized spacial score (nSPS) is 40.0. The molecule has 144 valence electrons. The Morgan fingerprint density at radius 2 is 1.76 bits per heavy atom. The summed E-state index contributed by atoms with van der Waals surface area (Å²) in [5, 5.41) is 10.6. The molecule has 25 heavy (non-hydrogen) atoms. The molecule has 3 aliphatic rings. The lowest BCUT2D eigenvalue weighted by molar-refractivity contribution is -0.179. The molecule has 0 bridgehead atoms. The number of esters is 1. The average Bonchev–Trinajstić information content (AvgIpc) is 3.19. The lowest BCUT2D eigenvalue weighted by Crippen LogP contribution is -2.68. The van der Waals surface area contributed by atoms with Crippen molar-refractivity contribution >= 4 is 14.5 Å². The smallest absolute Gasteiger partial charge is 0.349 e. The van der Waals surface area contributed by atoms with Crippen LogP contribution in [-0.2, 0) is 23.1 Å². The number of fused-ring (bicyclic) bond motifs is 2. The molecular weight excluding hydrogens is 340 g/mol. The van der Waals surface area contributed by atoms with Gasteiger partial charge in [-0.25, -0.2) is 0 Å². The van der Waals surface area contributed by atoms with Crippen LogP contribution in [0.15, 0.2) is 0 Å². The Hall–Kier alpha value is -0.473. The highest BCUT2D eigenvalue weighted by molar-refractivity contribution is 6.73. The molecule has 7 heteroatoms. The van der Waals surface area contributed by atoms with Crippen molar-refractivity contribution < 1.29 is 28.2 Å². The minimum Gasteiger partial charge on any atom is -0.466 e. The lowest BCUT2D eigenvalue weighted by atomic mass is 10.0. The molecule has 2 aliphatic heterocycles. The molecule has 0 unspecified atom stereocenters. The van der Waals surface area contributed by atoms with Gasteiger partial charge in [0.2, 0.25) is 0 Å². The topological polar surface area (TPSA) is 74.2 Å². The van der Waals surface area contributed by atoms with Crippen LogP contribution in [0.25, 0.3) is 0 Å². The number of carbonyl (C=O) groups excluding carboxylic acids is 1. The maximum Gasteiger partial charge on any atom is 0.349 e. The van der Waals surface area contributed by atoms with Gasteiger partial charge in [-0.2, -0.15) is 0 Å². The zero-order chi connectivity index (χ0) is 18.8. The fourth-order valence-corrected chi connectivity index (χ4v) is 9.72. The van der Waals surface area contributed by atoms with Crippen molar-refractivity contribution in [3.05, 3.63) is 0 Å². The molecule has 1 N–H and O–H groups in total. The second-order valence-corrected chi connectivity index (χ2v) is 14.3. The summed E-state index contributed by atoms with van der Waals surface area (Å²) in [6, 6.07) is 0. The van der Waals surface area contributed by atoms with Crippen molar-refractivity contribution in [3.8, 4) is 0 Å². The van der Waals surface area contributed by atoms with Gasteiger partial charge in [0.15, 0.2) is 0 Å². The molecule has 2 saturated heterocycles. The largest absolute Gasteiger partial charge is 0.466 e. The Balaban J connectivity index is 1.83. The molecule has 0 amide bonds. The summed E-state index contributed by atoms with van der Waals surface area (Å²) >= 11 is 0. The monoisotopic (exact) mass is 372 g/mol. The first-order valence-electron chi connectivity index (χ1n) is 9.26. The quantitative estimate of drug-likeness (QED) is 0.593. The summed E-state index contributed by atoms with van der Waals surface area (Å²) in [6.45, 7) is 15.4.